The Morgan fingerprint density at radius 3 is 2.74 bits per heavy atom. The second kappa shape index (κ2) is 8.16. The SMILES string of the molecule is Cc1nc2c(N3CC[C@H]4[C@H](CCN4c4ccc(OC(F)(F)F)cn4)C3)c(C#N)c(=O)n(C)c2s1. The summed E-state index contributed by atoms with van der Waals surface area (Å²) in [6.07, 6.45) is -2.03. The van der Waals surface area contributed by atoms with E-state index in [2.05, 4.69) is 30.6 Å². The number of nitrogens with zero attached hydrogens (tertiary/aromatic N) is 6. The predicted octanol–water partition coefficient (Wildman–Crippen LogP) is 3.57. The van der Waals surface area contributed by atoms with E-state index in [0.29, 0.717) is 30.1 Å². The normalized spacial score (nSPS) is 20.5. The third kappa shape index (κ3) is 3.83. The van der Waals surface area contributed by atoms with Gasteiger partial charge in [-0.05, 0) is 37.8 Å². The molecule has 3 aromatic heterocycles. The molecule has 2 aliphatic heterocycles. The van der Waals surface area contributed by atoms with E-state index in [9.17, 15) is 23.2 Å². The quantitative estimate of drug-likeness (QED) is 0.555. The maximum atomic E-state index is 12.9. The summed E-state index contributed by atoms with van der Waals surface area (Å²) in [6, 6.07) is 5.09. The van der Waals surface area contributed by atoms with Crippen molar-refractivity contribution in [1.29, 1.82) is 5.26 Å². The van der Waals surface area contributed by atoms with Crippen LogP contribution < -0.4 is 20.1 Å². The maximum absolute atomic E-state index is 12.9. The maximum Gasteiger partial charge on any atom is 0.573 e. The first kappa shape index (κ1) is 22.5. The summed E-state index contributed by atoms with van der Waals surface area (Å²) in [5.41, 5.74) is 1.06. The smallest absolute Gasteiger partial charge is 0.404 e. The van der Waals surface area contributed by atoms with Crippen LogP contribution in [0.15, 0.2) is 23.1 Å². The van der Waals surface area contributed by atoms with Crippen molar-refractivity contribution in [1.82, 2.24) is 14.5 Å². The van der Waals surface area contributed by atoms with Crippen LogP contribution in [0.4, 0.5) is 24.7 Å². The number of pyridine rings is 2. The number of nitriles is 1. The molecule has 0 radical (unpaired) electrons. The van der Waals surface area contributed by atoms with E-state index in [-0.39, 0.29) is 28.8 Å². The van der Waals surface area contributed by atoms with Crippen LogP contribution in [0.25, 0.3) is 10.3 Å². The summed E-state index contributed by atoms with van der Waals surface area (Å²) in [7, 11) is 1.66. The zero-order valence-corrected chi connectivity index (χ0v) is 19.3. The molecule has 5 rings (SSSR count). The Bertz CT molecular complexity index is 1340. The first-order valence-corrected chi connectivity index (χ1v) is 11.6. The molecule has 2 aliphatic rings. The van der Waals surface area contributed by atoms with Gasteiger partial charge in [-0.25, -0.2) is 9.97 Å². The second-order valence-electron chi connectivity index (χ2n) is 8.53. The van der Waals surface area contributed by atoms with Crippen molar-refractivity contribution in [3.05, 3.63) is 39.3 Å². The highest BCUT2D eigenvalue weighted by Crippen LogP contribution is 2.39. The van der Waals surface area contributed by atoms with Crippen LogP contribution in [0.3, 0.4) is 0 Å². The van der Waals surface area contributed by atoms with E-state index in [4.69, 9.17) is 0 Å². The van der Waals surface area contributed by atoms with Crippen molar-refractivity contribution >= 4 is 33.2 Å². The number of rotatable bonds is 3. The summed E-state index contributed by atoms with van der Waals surface area (Å²) in [5, 5.41) is 10.6. The van der Waals surface area contributed by atoms with Gasteiger partial charge in [0, 0.05) is 32.7 Å². The van der Waals surface area contributed by atoms with E-state index in [1.165, 1.54) is 22.0 Å². The monoisotopic (exact) mass is 490 g/mol. The lowest BCUT2D eigenvalue weighted by molar-refractivity contribution is -0.274. The number of anilines is 2. The minimum absolute atomic E-state index is 0.107. The van der Waals surface area contributed by atoms with E-state index < -0.39 is 6.36 Å². The Morgan fingerprint density at radius 2 is 2.06 bits per heavy atom. The van der Waals surface area contributed by atoms with Crippen molar-refractivity contribution in [2.75, 3.05) is 29.4 Å². The summed E-state index contributed by atoms with van der Waals surface area (Å²) < 4.78 is 42.7. The topological polar surface area (TPSA) is 87.3 Å². The zero-order valence-electron chi connectivity index (χ0n) is 18.5. The molecule has 0 bridgehead atoms. The van der Waals surface area contributed by atoms with Gasteiger partial charge in [0.05, 0.1) is 16.9 Å². The molecule has 12 heteroatoms. The number of halogens is 3. The lowest BCUT2D eigenvalue weighted by atomic mass is 9.92. The Labute approximate surface area is 196 Å². The van der Waals surface area contributed by atoms with Gasteiger partial charge >= 0.3 is 6.36 Å². The average molecular weight is 491 g/mol. The number of hydrogen-bond donors (Lipinski definition) is 0. The fourth-order valence-electron chi connectivity index (χ4n) is 5.09. The van der Waals surface area contributed by atoms with Crippen LogP contribution >= 0.6 is 11.3 Å². The summed E-state index contributed by atoms with van der Waals surface area (Å²) in [5.74, 6) is 0.519. The van der Waals surface area contributed by atoms with E-state index in [1.807, 2.05) is 6.92 Å². The Balaban J connectivity index is 1.40. The zero-order chi connectivity index (χ0) is 24.2. The summed E-state index contributed by atoms with van der Waals surface area (Å²) in [4.78, 5) is 26.7. The highest BCUT2D eigenvalue weighted by atomic mass is 32.1. The van der Waals surface area contributed by atoms with Crippen molar-refractivity contribution < 1.29 is 17.9 Å². The molecule has 0 N–H and O–H groups in total. The van der Waals surface area contributed by atoms with Crippen molar-refractivity contribution in [3.8, 4) is 11.8 Å². The molecule has 0 saturated carbocycles. The Morgan fingerprint density at radius 1 is 1.26 bits per heavy atom. The molecule has 2 fully saturated rings. The molecule has 34 heavy (non-hydrogen) atoms. The fraction of sp³-hybridized carbons (Fsp3) is 0.455. The summed E-state index contributed by atoms with van der Waals surface area (Å²) >= 11 is 1.43. The third-order valence-electron chi connectivity index (χ3n) is 6.51. The van der Waals surface area contributed by atoms with E-state index in [1.54, 1.807) is 13.1 Å². The highest BCUT2D eigenvalue weighted by molar-refractivity contribution is 7.18. The molecule has 2 saturated heterocycles. The van der Waals surface area contributed by atoms with Crippen LogP contribution in [-0.2, 0) is 7.05 Å². The van der Waals surface area contributed by atoms with Gasteiger partial charge < -0.3 is 19.1 Å². The molecular weight excluding hydrogens is 469 g/mol. The molecule has 0 aliphatic carbocycles. The average Bonchev–Trinajstić information content (AvgIpc) is 3.38. The van der Waals surface area contributed by atoms with Gasteiger partial charge in [-0.3, -0.25) is 4.79 Å². The van der Waals surface area contributed by atoms with Gasteiger partial charge in [-0.15, -0.1) is 24.5 Å². The number of hydrogen-bond acceptors (Lipinski definition) is 8. The molecule has 2 atom stereocenters. The summed E-state index contributed by atoms with van der Waals surface area (Å²) in [6.45, 7) is 3.89. The molecule has 5 heterocycles. The minimum atomic E-state index is -4.75. The van der Waals surface area contributed by atoms with Crippen molar-refractivity contribution in [2.45, 2.75) is 32.2 Å². The number of ether oxygens (including phenoxy) is 1. The lowest BCUT2D eigenvalue weighted by Gasteiger charge is -2.39. The molecular formula is C22H21F3N6O2S. The first-order valence-electron chi connectivity index (χ1n) is 10.8. The number of thiazole rings is 1. The van der Waals surface area contributed by atoms with Gasteiger partial charge in [-0.1, -0.05) is 0 Å². The molecule has 3 aromatic rings. The number of aryl methyl sites for hydroxylation is 2. The van der Waals surface area contributed by atoms with Gasteiger partial charge in [0.2, 0.25) is 0 Å². The van der Waals surface area contributed by atoms with Crippen molar-refractivity contribution in [3.63, 3.8) is 0 Å². The van der Waals surface area contributed by atoms with E-state index in [0.717, 1.165) is 35.4 Å². The molecule has 8 nitrogen and oxygen atoms in total. The van der Waals surface area contributed by atoms with Crippen LogP contribution in [0, 0.1) is 24.2 Å². The van der Waals surface area contributed by atoms with Crippen LogP contribution in [0.1, 0.15) is 23.4 Å². The largest absolute Gasteiger partial charge is 0.573 e. The van der Waals surface area contributed by atoms with Gasteiger partial charge in [-0.2, -0.15) is 5.26 Å². The number of fused-ring (bicyclic) bond motifs is 2. The Hall–Kier alpha value is -3.33. The second-order valence-corrected chi connectivity index (χ2v) is 9.71. The molecule has 0 spiro atoms. The molecule has 0 unspecified atom stereocenters. The lowest BCUT2D eigenvalue weighted by Crippen LogP contribution is -2.47. The van der Waals surface area contributed by atoms with E-state index >= 15 is 0 Å². The van der Waals surface area contributed by atoms with Crippen molar-refractivity contribution in [2.24, 2.45) is 13.0 Å². The minimum Gasteiger partial charge on any atom is -0.404 e. The molecule has 0 aromatic carbocycles. The molecule has 0 amide bonds. The van der Waals surface area contributed by atoms with Gasteiger partial charge in [0.25, 0.3) is 5.56 Å². The Kier molecular flexibility index (Phi) is 5.39. The van der Waals surface area contributed by atoms with Crippen LogP contribution in [-0.4, -0.2) is 46.6 Å². The molecule has 178 valence electrons. The standard InChI is InChI=1S/C22H21F3N6O2S/c1-12-28-18-19(15(9-26)20(32)29(2)21(18)34-12)30-7-6-16-13(11-30)5-8-31(16)17-4-3-14(10-27-17)33-22(23,24)25/h3-4,10,13,16H,5-8,11H2,1-2H3/t13-,16+/m1/s1. The fourth-order valence-corrected chi connectivity index (χ4v) is 5.97. The highest BCUT2D eigenvalue weighted by Gasteiger charge is 2.40. The predicted molar refractivity (Wildman–Crippen MR) is 121 cm³/mol. The van der Waals surface area contributed by atoms with Crippen LogP contribution in [0.5, 0.6) is 5.75 Å². The third-order valence-corrected chi connectivity index (χ3v) is 7.56. The van der Waals surface area contributed by atoms with Gasteiger partial charge in [0.1, 0.15) is 33.5 Å². The first-order chi connectivity index (χ1) is 16.2. The number of piperidine rings is 1. The number of aromatic nitrogens is 3. The van der Waals surface area contributed by atoms with Crippen LogP contribution in [0.2, 0.25) is 0 Å². The number of alkyl halides is 3. The van der Waals surface area contributed by atoms with Gasteiger partial charge in [0.15, 0.2) is 0 Å².